The number of methoxy groups -OCH3 is 1. The van der Waals surface area contributed by atoms with Crippen molar-refractivity contribution in [3.8, 4) is 6.07 Å². The van der Waals surface area contributed by atoms with E-state index >= 15 is 0 Å². The van der Waals surface area contributed by atoms with Gasteiger partial charge in [0.05, 0.1) is 24.2 Å². The minimum atomic E-state index is -2.84. The predicted octanol–water partition coefficient (Wildman–Crippen LogP) is 2.26. The largest absolute Gasteiger partial charge is 0.469 e. The number of halogens is 3. The van der Waals surface area contributed by atoms with Crippen LogP contribution in [0.4, 0.5) is 8.78 Å². The first-order chi connectivity index (χ1) is 7.99. The number of pyridine rings is 1. The van der Waals surface area contributed by atoms with Crippen molar-refractivity contribution in [3.05, 3.63) is 28.0 Å². The van der Waals surface area contributed by atoms with Crippen molar-refractivity contribution < 1.29 is 18.3 Å². The normalized spacial score (nSPS) is 10.1. The molecule has 1 aromatic heterocycles. The van der Waals surface area contributed by atoms with Crippen LogP contribution in [0.15, 0.2) is 6.07 Å². The van der Waals surface area contributed by atoms with E-state index in [2.05, 4.69) is 9.72 Å². The van der Waals surface area contributed by atoms with Crippen LogP contribution in [-0.4, -0.2) is 18.1 Å². The highest BCUT2D eigenvalue weighted by Gasteiger charge is 2.19. The van der Waals surface area contributed by atoms with Gasteiger partial charge < -0.3 is 4.74 Å². The Morgan fingerprint density at radius 1 is 1.71 bits per heavy atom. The Balaban J connectivity index is 3.21. The molecule has 0 aromatic carbocycles. The highest BCUT2D eigenvalue weighted by atomic mass is 35.5. The number of hydrogen-bond acceptors (Lipinski definition) is 4. The van der Waals surface area contributed by atoms with Crippen molar-refractivity contribution >= 4 is 17.6 Å². The van der Waals surface area contributed by atoms with Gasteiger partial charge in [0.15, 0.2) is 5.69 Å². The van der Waals surface area contributed by atoms with Gasteiger partial charge in [-0.3, -0.25) is 4.79 Å². The van der Waals surface area contributed by atoms with Crippen molar-refractivity contribution in [1.29, 1.82) is 5.26 Å². The number of nitriles is 1. The van der Waals surface area contributed by atoms with E-state index in [1.165, 1.54) is 0 Å². The minimum absolute atomic E-state index is 0.0214. The van der Waals surface area contributed by atoms with Crippen molar-refractivity contribution in [2.45, 2.75) is 12.8 Å². The topological polar surface area (TPSA) is 63.0 Å². The third-order valence-corrected chi connectivity index (χ3v) is 2.33. The molecule has 1 aromatic rings. The molecule has 0 saturated carbocycles. The number of hydrogen-bond donors (Lipinski definition) is 0. The molecule has 0 aliphatic rings. The number of rotatable bonds is 3. The summed E-state index contributed by atoms with van der Waals surface area (Å²) in [7, 11) is 1.16. The first kappa shape index (κ1) is 13.3. The standard InChI is InChI=1S/C10H7ClF2N2O2/c1-17-8(16)3-5-2-6(10(12)13)9(11)7(4-14)15-5/h2,10H,3H2,1H3. The number of aromatic nitrogens is 1. The van der Waals surface area contributed by atoms with Crippen molar-refractivity contribution in [1.82, 2.24) is 4.98 Å². The maximum Gasteiger partial charge on any atom is 0.311 e. The Kier molecular flexibility index (Phi) is 4.35. The molecule has 0 aliphatic heterocycles. The molecule has 1 heterocycles. The minimum Gasteiger partial charge on any atom is -0.469 e. The highest BCUT2D eigenvalue weighted by molar-refractivity contribution is 6.32. The molecule has 0 aliphatic carbocycles. The molecule has 0 fully saturated rings. The van der Waals surface area contributed by atoms with E-state index in [0.29, 0.717) is 0 Å². The van der Waals surface area contributed by atoms with Gasteiger partial charge in [-0.25, -0.2) is 13.8 Å². The van der Waals surface area contributed by atoms with E-state index in [-0.39, 0.29) is 17.8 Å². The van der Waals surface area contributed by atoms with Crippen LogP contribution in [-0.2, 0) is 16.0 Å². The molecule has 0 bridgehead atoms. The van der Waals surface area contributed by atoms with E-state index in [4.69, 9.17) is 16.9 Å². The second kappa shape index (κ2) is 5.55. The van der Waals surface area contributed by atoms with Crippen LogP contribution in [0.25, 0.3) is 0 Å². The number of carbonyl (C=O) groups is 1. The summed E-state index contributed by atoms with van der Waals surface area (Å²) < 4.78 is 29.6. The maximum absolute atomic E-state index is 12.6. The average molecular weight is 261 g/mol. The molecule has 0 radical (unpaired) electrons. The number of esters is 1. The summed E-state index contributed by atoms with van der Waals surface area (Å²) in [6.07, 6.45) is -3.13. The Morgan fingerprint density at radius 3 is 2.82 bits per heavy atom. The summed E-state index contributed by atoms with van der Waals surface area (Å²) in [6.45, 7) is 0. The molecular weight excluding hydrogens is 254 g/mol. The van der Waals surface area contributed by atoms with Gasteiger partial charge in [0, 0.05) is 5.56 Å². The van der Waals surface area contributed by atoms with E-state index in [1.54, 1.807) is 6.07 Å². The molecule has 0 atom stereocenters. The van der Waals surface area contributed by atoms with Crippen molar-refractivity contribution in [3.63, 3.8) is 0 Å². The van der Waals surface area contributed by atoms with E-state index in [1.807, 2.05) is 0 Å². The van der Waals surface area contributed by atoms with Gasteiger partial charge in [-0.05, 0) is 6.07 Å². The van der Waals surface area contributed by atoms with Crippen LogP contribution in [0, 0.1) is 11.3 Å². The lowest BCUT2D eigenvalue weighted by atomic mass is 10.1. The molecule has 90 valence electrons. The Morgan fingerprint density at radius 2 is 2.35 bits per heavy atom. The Hall–Kier alpha value is -1.74. The lowest BCUT2D eigenvalue weighted by Crippen LogP contribution is -2.08. The molecule has 0 saturated heterocycles. The fraction of sp³-hybridized carbons (Fsp3) is 0.300. The summed E-state index contributed by atoms with van der Waals surface area (Å²) in [5.41, 5.74) is -0.825. The summed E-state index contributed by atoms with van der Waals surface area (Å²) in [5, 5.41) is 8.29. The van der Waals surface area contributed by atoms with E-state index < -0.39 is 23.0 Å². The maximum atomic E-state index is 12.6. The molecule has 0 amide bonds. The summed E-state index contributed by atoms with van der Waals surface area (Å²) in [5.74, 6) is -0.635. The fourth-order valence-electron chi connectivity index (χ4n) is 1.15. The van der Waals surface area contributed by atoms with Gasteiger partial charge in [0.1, 0.15) is 6.07 Å². The lowest BCUT2D eigenvalue weighted by molar-refractivity contribution is -0.139. The third-order valence-electron chi connectivity index (χ3n) is 1.93. The molecule has 7 heteroatoms. The monoisotopic (exact) mass is 260 g/mol. The SMILES string of the molecule is COC(=O)Cc1cc(C(F)F)c(Cl)c(C#N)n1. The van der Waals surface area contributed by atoms with Crippen LogP contribution in [0.3, 0.4) is 0 Å². The van der Waals surface area contributed by atoms with Gasteiger partial charge in [0.2, 0.25) is 0 Å². The quantitative estimate of drug-likeness (QED) is 0.782. The molecule has 0 N–H and O–H groups in total. The lowest BCUT2D eigenvalue weighted by Gasteiger charge is -2.07. The zero-order chi connectivity index (χ0) is 13.0. The van der Waals surface area contributed by atoms with E-state index in [9.17, 15) is 13.6 Å². The first-order valence-electron chi connectivity index (χ1n) is 4.44. The van der Waals surface area contributed by atoms with Crippen LogP contribution in [0.1, 0.15) is 23.4 Å². The van der Waals surface area contributed by atoms with Gasteiger partial charge in [0.25, 0.3) is 6.43 Å². The van der Waals surface area contributed by atoms with Crippen LogP contribution < -0.4 is 0 Å². The summed E-state index contributed by atoms with van der Waals surface area (Å²) >= 11 is 5.57. The second-order valence-electron chi connectivity index (χ2n) is 3.03. The highest BCUT2D eigenvalue weighted by Crippen LogP contribution is 2.29. The Labute approximate surface area is 101 Å². The fourth-order valence-corrected chi connectivity index (χ4v) is 1.37. The molecule has 17 heavy (non-hydrogen) atoms. The van der Waals surface area contributed by atoms with Crippen molar-refractivity contribution in [2.24, 2.45) is 0 Å². The van der Waals surface area contributed by atoms with Gasteiger partial charge in [-0.15, -0.1) is 0 Å². The van der Waals surface area contributed by atoms with Crippen molar-refractivity contribution in [2.75, 3.05) is 7.11 Å². The number of ether oxygens (including phenoxy) is 1. The molecule has 4 nitrogen and oxygen atoms in total. The zero-order valence-electron chi connectivity index (χ0n) is 8.71. The summed E-state index contributed by atoms with van der Waals surface area (Å²) in [4.78, 5) is 14.7. The summed E-state index contributed by atoms with van der Waals surface area (Å²) in [6, 6.07) is 2.58. The van der Waals surface area contributed by atoms with Crippen LogP contribution in [0.5, 0.6) is 0 Å². The van der Waals surface area contributed by atoms with Gasteiger partial charge in [-0.2, -0.15) is 5.26 Å². The molecule has 0 spiro atoms. The second-order valence-corrected chi connectivity index (χ2v) is 3.41. The third kappa shape index (κ3) is 3.11. The average Bonchev–Trinajstić information content (AvgIpc) is 2.30. The number of carbonyl (C=O) groups excluding carboxylic acids is 1. The molecule has 1 rings (SSSR count). The molecular formula is C10H7ClF2N2O2. The Bertz CT molecular complexity index is 486. The van der Waals surface area contributed by atoms with Gasteiger partial charge >= 0.3 is 5.97 Å². The zero-order valence-corrected chi connectivity index (χ0v) is 9.46. The number of nitrogens with zero attached hydrogens (tertiary/aromatic N) is 2. The first-order valence-corrected chi connectivity index (χ1v) is 4.81. The molecule has 0 unspecified atom stereocenters. The smallest absolute Gasteiger partial charge is 0.311 e. The van der Waals surface area contributed by atoms with Crippen LogP contribution in [0.2, 0.25) is 5.02 Å². The van der Waals surface area contributed by atoms with E-state index in [0.717, 1.165) is 13.2 Å². The van der Waals surface area contributed by atoms with Crippen LogP contribution >= 0.6 is 11.6 Å². The predicted molar refractivity (Wildman–Crippen MR) is 54.6 cm³/mol. The van der Waals surface area contributed by atoms with Gasteiger partial charge in [-0.1, -0.05) is 11.6 Å². The number of alkyl halides is 2.